The molecule has 2 rings (SSSR count). The molecule has 0 aromatic heterocycles. The molecule has 1 fully saturated rings. The molecule has 1 aromatic carbocycles. The molecule has 0 radical (unpaired) electrons. The third kappa shape index (κ3) is 5.66. The van der Waals surface area contributed by atoms with Crippen LogP contribution in [0.1, 0.15) is 35.2 Å². The normalized spacial score (nSPS) is 18.2. The van der Waals surface area contributed by atoms with Gasteiger partial charge in [0.15, 0.2) is 0 Å². The van der Waals surface area contributed by atoms with Crippen molar-refractivity contribution in [1.82, 2.24) is 10.6 Å². The predicted octanol–water partition coefficient (Wildman–Crippen LogP) is 3.39. The molecule has 0 bridgehead atoms. The molecule has 3 nitrogen and oxygen atoms in total. The van der Waals surface area contributed by atoms with Gasteiger partial charge in [-0.15, -0.1) is 12.4 Å². The fourth-order valence-corrected chi connectivity index (χ4v) is 2.55. The van der Waals surface area contributed by atoms with Gasteiger partial charge in [0.2, 0.25) is 0 Å². The molecule has 1 aliphatic heterocycles. The molecular formula is C15H19ClF4N2O. The molecular weight excluding hydrogens is 336 g/mol. The van der Waals surface area contributed by atoms with Crippen molar-refractivity contribution in [1.29, 1.82) is 0 Å². The minimum atomic E-state index is -4.81. The van der Waals surface area contributed by atoms with Gasteiger partial charge < -0.3 is 10.6 Å². The van der Waals surface area contributed by atoms with E-state index in [9.17, 15) is 22.4 Å². The van der Waals surface area contributed by atoms with Crippen LogP contribution in [0.3, 0.4) is 0 Å². The lowest BCUT2D eigenvalue weighted by Crippen LogP contribution is -2.33. The summed E-state index contributed by atoms with van der Waals surface area (Å²) in [7, 11) is 0. The fraction of sp³-hybridized carbons (Fsp3) is 0.533. The number of alkyl halides is 3. The highest BCUT2D eigenvalue weighted by Crippen LogP contribution is 2.31. The Bertz CT molecular complexity index is 531. The summed E-state index contributed by atoms with van der Waals surface area (Å²) in [4.78, 5) is 11.9. The van der Waals surface area contributed by atoms with Crippen molar-refractivity contribution < 1.29 is 22.4 Å². The van der Waals surface area contributed by atoms with Gasteiger partial charge >= 0.3 is 6.18 Å². The molecule has 8 heteroatoms. The second-order valence-electron chi connectivity index (χ2n) is 5.45. The maximum Gasteiger partial charge on any atom is 0.419 e. The topological polar surface area (TPSA) is 41.1 Å². The van der Waals surface area contributed by atoms with Gasteiger partial charge in [-0.1, -0.05) is 0 Å². The van der Waals surface area contributed by atoms with E-state index >= 15 is 0 Å². The standard InChI is InChI=1S/C15H18F4N2O.ClH/c16-13-4-3-11(8-12(13)15(17,18)19)14(22)21-7-5-10-2-1-6-20-9-10;/h3-4,8,10,20H,1-2,5-7,9H2,(H,21,22);1H. The number of piperidine rings is 1. The van der Waals surface area contributed by atoms with Gasteiger partial charge in [-0.25, -0.2) is 4.39 Å². The summed E-state index contributed by atoms with van der Waals surface area (Å²) in [6, 6.07) is 2.28. The predicted molar refractivity (Wildman–Crippen MR) is 81.2 cm³/mol. The number of hydrogen-bond donors (Lipinski definition) is 2. The summed E-state index contributed by atoms with van der Waals surface area (Å²) < 4.78 is 51.0. The van der Waals surface area contributed by atoms with Crippen LogP contribution in [0.5, 0.6) is 0 Å². The van der Waals surface area contributed by atoms with Crippen LogP contribution in [0.4, 0.5) is 17.6 Å². The molecule has 130 valence electrons. The second kappa shape index (κ2) is 8.49. The lowest BCUT2D eigenvalue weighted by atomic mass is 9.96. The highest BCUT2D eigenvalue weighted by atomic mass is 35.5. The van der Waals surface area contributed by atoms with Gasteiger partial charge in [0, 0.05) is 12.1 Å². The highest BCUT2D eigenvalue weighted by Gasteiger charge is 2.34. The molecule has 1 amide bonds. The summed E-state index contributed by atoms with van der Waals surface area (Å²) in [5.41, 5.74) is -1.60. The first-order valence-electron chi connectivity index (χ1n) is 7.23. The smallest absolute Gasteiger partial charge is 0.352 e. The Morgan fingerprint density at radius 1 is 1.35 bits per heavy atom. The molecule has 1 atom stereocenters. The van der Waals surface area contributed by atoms with E-state index in [-0.39, 0.29) is 18.0 Å². The molecule has 1 saturated heterocycles. The number of nitrogens with one attached hydrogen (secondary N) is 2. The quantitative estimate of drug-likeness (QED) is 0.814. The van der Waals surface area contributed by atoms with E-state index in [1.165, 1.54) is 0 Å². The van der Waals surface area contributed by atoms with E-state index in [1.54, 1.807) is 0 Å². The van der Waals surface area contributed by atoms with Gasteiger partial charge in [0.1, 0.15) is 5.82 Å². The fourth-order valence-electron chi connectivity index (χ4n) is 2.55. The third-order valence-corrected chi connectivity index (χ3v) is 3.77. The Kier molecular flexibility index (Phi) is 7.28. The zero-order valence-electron chi connectivity index (χ0n) is 12.4. The molecule has 0 aliphatic carbocycles. The van der Waals surface area contributed by atoms with E-state index in [0.717, 1.165) is 38.4 Å². The molecule has 1 heterocycles. The molecule has 0 spiro atoms. The molecule has 2 N–H and O–H groups in total. The summed E-state index contributed by atoms with van der Waals surface area (Å²) >= 11 is 0. The van der Waals surface area contributed by atoms with Crippen molar-refractivity contribution in [3.8, 4) is 0 Å². The van der Waals surface area contributed by atoms with Gasteiger partial charge in [0.25, 0.3) is 5.91 Å². The molecule has 1 aliphatic rings. The van der Waals surface area contributed by atoms with Crippen LogP contribution in [0.2, 0.25) is 0 Å². The first-order chi connectivity index (χ1) is 10.4. The number of benzene rings is 1. The Morgan fingerprint density at radius 2 is 2.09 bits per heavy atom. The van der Waals surface area contributed by atoms with Crippen molar-refractivity contribution in [3.63, 3.8) is 0 Å². The number of halogens is 5. The average molecular weight is 355 g/mol. The van der Waals surface area contributed by atoms with Gasteiger partial charge in [-0.3, -0.25) is 4.79 Å². The van der Waals surface area contributed by atoms with E-state index < -0.39 is 23.5 Å². The Morgan fingerprint density at radius 3 is 2.70 bits per heavy atom. The van der Waals surface area contributed by atoms with Crippen molar-refractivity contribution in [3.05, 3.63) is 35.1 Å². The summed E-state index contributed by atoms with van der Waals surface area (Å²) in [5.74, 6) is -1.53. The third-order valence-electron chi connectivity index (χ3n) is 3.77. The number of carbonyl (C=O) groups is 1. The van der Waals surface area contributed by atoms with Gasteiger partial charge in [-0.05, 0) is 56.5 Å². The molecule has 1 unspecified atom stereocenters. The molecule has 0 saturated carbocycles. The van der Waals surface area contributed by atoms with E-state index in [4.69, 9.17) is 0 Å². The largest absolute Gasteiger partial charge is 0.419 e. The van der Waals surface area contributed by atoms with Crippen LogP contribution in [0.15, 0.2) is 18.2 Å². The molecule has 23 heavy (non-hydrogen) atoms. The monoisotopic (exact) mass is 354 g/mol. The van der Waals surface area contributed by atoms with E-state index in [0.29, 0.717) is 24.6 Å². The van der Waals surface area contributed by atoms with Crippen molar-refractivity contribution in [2.45, 2.75) is 25.4 Å². The van der Waals surface area contributed by atoms with Crippen LogP contribution in [-0.2, 0) is 6.18 Å². The van der Waals surface area contributed by atoms with Crippen LogP contribution in [-0.4, -0.2) is 25.5 Å². The Balaban J connectivity index is 0.00000264. The Hall–Kier alpha value is -1.34. The molecule has 1 aromatic rings. The number of hydrogen-bond acceptors (Lipinski definition) is 2. The summed E-state index contributed by atoms with van der Waals surface area (Å²) in [6.07, 6.45) is -1.87. The number of amides is 1. The zero-order valence-corrected chi connectivity index (χ0v) is 13.2. The van der Waals surface area contributed by atoms with Crippen molar-refractivity contribution >= 4 is 18.3 Å². The number of carbonyl (C=O) groups excluding carboxylic acids is 1. The maximum absolute atomic E-state index is 13.2. The van der Waals surface area contributed by atoms with Crippen molar-refractivity contribution in [2.24, 2.45) is 5.92 Å². The van der Waals surface area contributed by atoms with Crippen LogP contribution in [0.25, 0.3) is 0 Å². The van der Waals surface area contributed by atoms with E-state index in [2.05, 4.69) is 10.6 Å². The van der Waals surface area contributed by atoms with Crippen LogP contribution < -0.4 is 10.6 Å². The lowest BCUT2D eigenvalue weighted by molar-refractivity contribution is -0.140. The summed E-state index contributed by atoms with van der Waals surface area (Å²) in [5, 5.41) is 5.84. The SMILES string of the molecule is Cl.O=C(NCCC1CCCNC1)c1ccc(F)c(C(F)(F)F)c1. The minimum absolute atomic E-state index is 0. The van der Waals surface area contributed by atoms with Crippen LogP contribution >= 0.6 is 12.4 Å². The van der Waals surface area contributed by atoms with Gasteiger partial charge in [0.05, 0.1) is 5.56 Å². The summed E-state index contributed by atoms with van der Waals surface area (Å²) in [6.45, 7) is 2.28. The van der Waals surface area contributed by atoms with Crippen LogP contribution in [0, 0.1) is 11.7 Å². The second-order valence-corrected chi connectivity index (χ2v) is 5.45. The maximum atomic E-state index is 13.2. The minimum Gasteiger partial charge on any atom is -0.352 e. The first kappa shape index (κ1) is 19.7. The lowest BCUT2D eigenvalue weighted by Gasteiger charge is -2.22. The highest BCUT2D eigenvalue weighted by molar-refractivity contribution is 5.94. The van der Waals surface area contributed by atoms with E-state index in [1.807, 2.05) is 0 Å². The first-order valence-corrected chi connectivity index (χ1v) is 7.23. The van der Waals surface area contributed by atoms with Crippen molar-refractivity contribution in [2.75, 3.05) is 19.6 Å². The average Bonchev–Trinajstić information content (AvgIpc) is 2.47. The zero-order chi connectivity index (χ0) is 16.2. The number of rotatable bonds is 4. The Labute approximate surface area is 138 Å². The van der Waals surface area contributed by atoms with Gasteiger partial charge in [-0.2, -0.15) is 13.2 Å².